The Morgan fingerprint density at radius 1 is 1.04 bits per heavy atom. The van der Waals surface area contributed by atoms with Crippen LogP contribution in [0.5, 0.6) is 6.01 Å². The van der Waals surface area contributed by atoms with Crippen molar-refractivity contribution >= 4 is 28.5 Å². The summed E-state index contributed by atoms with van der Waals surface area (Å²) in [5, 5.41) is 14.6. The van der Waals surface area contributed by atoms with Gasteiger partial charge in [0.15, 0.2) is 5.82 Å². The van der Waals surface area contributed by atoms with Crippen LogP contribution >= 0.6 is 11.8 Å². The van der Waals surface area contributed by atoms with Crippen molar-refractivity contribution in [3.8, 4) is 18.4 Å². The summed E-state index contributed by atoms with van der Waals surface area (Å²) in [6.07, 6.45) is 8.48. The van der Waals surface area contributed by atoms with E-state index in [9.17, 15) is 18.3 Å². The second kappa shape index (κ2) is 13.5. The number of thioether (sulfide) groups is 1. The predicted molar refractivity (Wildman–Crippen MR) is 187 cm³/mol. The lowest BCUT2D eigenvalue weighted by molar-refractivity contribution is -0.116. The van der Waals surface area contributed by atoms with Gasteiger partial charge >= 0.3 is 11.5 Å². The number of aromatic nitrogens is 2. The first-order valence-corrected chi connectivity index (χ1v) is 19.1. The van der Waals surface area contributed by atoms with Gasteiger partial charge in [0, 0.05) is 72.0 Å². The number of aliphatic hydroxyl groups excluding tert-OH is 1. The number of alkyl halides is 3. The third-order valence-corrected chi connectivity index (χ3v) is 12.6. The molecule has 2 bridgehead atoms. The van der Waals surface area contributed by atoms with Gasteiger partial charge in [-0.1, -0.05) is 12.0 Å². The predicted octanol–water partition coefficient (Wildman–Crippen LogP) is 5.14. The molecule has 1 saturated carbocycles. The number of halogens is 5. The average Bonchev–Trinajstić information content (AvgIpc) is 3.62. The number of nitrogens with zero attached hydrogens (tertiary/aromatic N) is 4. The van der Waals surface area contributed by atoms with Gasteiger partial charge in [0.1, 0.15) is 17.2 Å². The summed E-state index contributed by atoms with van der Waals surface area (Å²) in [5.41, 5.74) is -4.97. The summed E-state index contributed by atoms with van der Waals surface area (Å²) in [5.74, 6) is -0.278. The van der Waals surface area contributed by atoms with Crippen molar-refractivity contribution in [1.29, 1.82) is 0 Å². The van der Waals surface area contributed by atoms with Gasteiger partial charge in [0.2, 0.25) is 0 Å². The first-order chi connectivity index (χ1) is 25.5. The van der Waals surface area contributed by atoms with E-state index in [0.717, 1.165) is 45.3 Å². The van der Waals surface area contributed by atoms with E-state index >= 15 is 8.78 Å². The third-order valence-electron chi connectivity index (χ3n) is 11.8. The minimum atomic E-state index is -4.79. The normalized spacial score (nSPS) is 29.2. The maximum Gasteiger partial charge on any atom is 0.446 e. The minimum Gasteiger partial charge on any atom is -0.463 e. The van der Waals surface area contributed by atoms with Gasteiger partial charge in [-0.05, 0) is 73.5 Å². The molecule has 6 aliphatic rings. The number of terminal acetylenes is 1. The second-order valence-electron chi connectivity index (χ2n) is 15.5. The molecule has 15 heteroatoms. The summed E-state index contributed by atoms with van der Waals surface area (Å²) in [6.45, 7) is 4.82. The van der Waals surface area contributed by atoms with Gasteiger partial charge in [0.05, 0.1) is 43.7 Å². The summed E-state index contributed by atoms with van der Waals surface area (Å²) in [6, 6.07) is 4.15. The Kier molecular flexibility index (Phi) is 9.02. The Balaban J connectivity index is 1.13. The zero-order chi connectivity index (χ0) is 36.6. The highest BCUT2D eigenvalue weighted by atomic mass is 32.2. The molecule has 9 rings (SSSR count). The molecular formula is C38H40F5N5O4S. The van der Waals surface area contributed by atoms with E-state index in [4.69, 9.17) is 25.6 Å². The number of fused-ring (bicyclic) bond motifs is 5. The fourth-order valence-electron chi connectivity index (χ4n) is 9.22. The maximum absolute atomic E-state index is 17.4. The molecule has 3 aromatic rings. The first-order valence-electron chi connectivity index (χ1n) is 18.3. The molecule has 4 saturated heterocycles. The van der Waals surface area contributed by atoms with E-state index in [1.165, 1.54) is 18.2 Å². The Morgan fingerprint density at radius 3 is 2.42 bits per heavy atom. The van der Waals surface area contributed by atoms with Crippen LogP contribution in [0.2, 0.25) is 0 Å². The number of rotatable bonds is 8. The van der Waals surface area contributed by atoms with Crippen molar-refractivity contribution in [2.75, 3.05) is 57.4 Å². The molecule has 282 valence electrons. The molecule has 4 aliphatic heterocycles. The smallest absolute Gasteiger partial charge is 0.446 e. The highest BCUT2D eigenvalue weighted by Crippen LogP contribution is 2.50. The van der Waals surface area contributed by atoms with Crippen molar-refractivity contribution in [2.24, 2.45) is 5.41 Å². The number of nitrogens with one attached hydrogen (secondary N) is 1. The molecule has 1 aromatic heterocycles. The van der Waals surface area contributed by atoms with Crippen LogP contribution in [0.4, 0.5) is 27.8 Å². The molecule has 9 nitrogen and oxygen atoms in total. The molecule has 5 fully saturated rings. The molecule has 3 unspecified atom stereocenters. The van der Waals surface area contributed by atoms with E-state index in [0.29, 0.717) is 37.7 Å². The number of likely N-dealkylation sites (tertiary alicyclic amines) is 1. The highest BCUT2D eigenvalue weighted by molar-refractivity contribution is 8.00. The lowest BCUT2D eigenvalue weighted by Crippen LogP contribution is -2.51. The number of piperazine rings is 1. The number of benzene rings is 2. The zero-order valence-corrected chi connectivity index (χ0v) is 29.7. The summed E-state index contributed by atoms with van der Waals surface area (Å²) in [4.78, 5) is 13.3. The van der Waals surface area contributed by atoms with Crippen molar-refractivity contribution in [3.05, 3.63) is 52.1 Å². The van der Waals surface area contributed by atoms with Crippen LogP contribution < -0.4 is 15.0 Å². The van der Waals surface area contributed by atoms with Crippen molar-refractivity contribution in [1.82, 2.24) is 20.2 Å². The minimum absolute atomic E-state index is 0.0455. The Bertz CT molecular complexity index is 1950. The molecule has 53 heavy (non-hydrogen) atoms. The van der Waals surface area contributed by atoms with Crippen LogP contribution in [0, 0.1) is 29.4 Å². The highest BCUT2D eigenvalue weighted by Gasteiger charge is 2.48. The molecule has 2 N–H and O–H groups in total. The number of anilines is 1. The van der Waals surface area contributed by atoms with E-state index < -0.39 is 45.8 Å². The van der Waals surface area contributed by atoms with E-state index in [1.807, 2.05) is 4.90 Å². The molecule has 0 spiro atoms. The number of ether oxygens (including phenoxy) is 3. The monoisotopic (exact) mass is 757 g/mol. The SMILES string of the molecule is C#Cc1c(F)ccc2c1C(c1c(SC(F)(F)F)cc3c(N4CC5CCC(C4)N5)nc(OCC4(CN5C[C@@H]6OCCO[C@@H]6C5)CC4)nc3c1F)C[C@H](O)C2. The topological polar surface area (TPSA) is 92.2 Å². The van der Waals surface area contributed by atoms with Gasteiger partial charge in [-0.3, -0.25) is 4.90 Å². The van der Waals surface area contributed by atoms with Crippen LogP contribution in [-0.4, -0.2) is 108 Å². The number of hydrogen-bond donors (Lipinski definition) is 2. The van der Waals surface area contributed by atoms with Crippen molar-refractivity contribution in [2.45, 2.75) is 85.2 Å². The molecule has 0 radical (unpaired) electrons. The van der Waals surface area contributed by atoms with Gasteiger partial charge in [-0.15, -0.1) is 6.42 Å². The van der Waals surface area contributed by atoms with Crippen LogP contribution in [0.3, 0.4) is 0 Å². The van der Waals surface area contributed by atoms with Crippen LogP contribution in [0.1, 0.15) is 60.3 Å². The first kappa shape index (κ1) is 35.4. The molecule has 0 amide bonds. The lowest BCUT2D eigenvalue weighted by Gasteiger charge is -2.35. The van der Waals surface area contributed by atoms with Gasteiger partial charge in [-0.2, -0.15) is 23.1 Å². The van der Waals surface area contributed by atoms with Crippen molar-refractivity contribution < 1.29 is 41.3 Å². The Labute approximate surface area is 307 Å². The zero-order valence-electron chi connectivity index (χ0n) is 28.9. The van der Waals surface area contributed by atoms with E-state index in [-0.39, 0.29) is 82.8 Å². The van der Waals surface area contributed by atoms with Gasteiger partial charge in [0.25, 0.3) is 0 Å². The molecule has 6 atom stereocenters. The van der Waals surface area contributed by atoms with Crippen LogP contribution in [0.25, 0.3) is 10.9 Å². The van der Waals surface area contributed by atoms with Crippen molar-refractivity contribution in [3.63, 3.8) is 0 Å². The van der Waals surface area contributed by atoms with Crippen LogP contribution in [0.15, 0.2) is 23.1 Å². The Morgan fingerprint density at radius 2 is 1.75 bits per heavy atom. The molecular weight excluding hydrogens is 718 g/mol. The molecule has 2 aromatic carbocycles. The third kappa shape index (κ3) is 6.84. The average molecular weight is 758 g/mol. The second-order valence-corrected chi connectivity index (χ2v) is 16.6. The maximum atomic E-state index is 17.4. The van der Waals surface area contributed by atoms with E-state index in [1.54, 1.807) is 0 Å². The summed E-state index contributed by atoms with van der Waals surface area (Å²) in [7, 11) is 0. The fourth-order valence-corrected chi connectivity index (χ4v) is 9.99. The lowest BCUT2D eigenvalue weighted by atomic mass is 9.75. The summed E-state index contributed by atoms with van der Waals surface area (Å²) < 4.78 is 93.6. The van der Waals surface area contributed by atoms with Gasteiger partial charge in [-0.25, -0.2) is 8.78 Å². The number of hydrogen-bond acceptors (Lipinski definition) is 10. The Hall–Kier alpha value is -3.26. The molecule has 2 aliphatic carbocycles. The van der Waals surface area contributed by atoms with Gasteiger partial charge < -0.3 is 29.5 Å². The number of aliphatic hydroxyl groups is 1. The van der Waals surface area contributed by atoms with E-state index in [2.05, 4.69) is 21.1 Å². The quantitative estimate of drug-likeness (QED) is 0.183. The largest absolute Gasteiger partial charge is 0.463 e. The molecule has 5 heterocycles. The summed E-state index contributed by atoms with van der Waals surface area (Å²) >= 11 is -0.446. The standard InChI is InChI=1S/C38H40F5N5O4S/c1-2-24-27(39)6-3-20-11-23(49)12-25(31(20)24)32-30(53-38(41,42)43)13-26-34(33(32)40)45-36(46-35(26)48-14-21-4-5-22(15-48)44-21)52-19-37(7-8-37)18-47-16-28-29(17-47)51-10-9-50-28/h1,3,6,13,21-23,25,28-29,44,49H,4-5,7-12,14-19H2/t21?,22?,23-,25?,28-,29+/m1/s1. The fraction of sp³-hybridized carbons (Fsp3) is 0.579. The van der Waals surface area contributed by atoms with Crippen LogP contribution in [-0.2, 0) is 15.9 Å².